The van der Waals surface area contributed by atoms with E-state index in [1.165, 1.54) is 24.3 Å². The van der Waals surface area contributed by atoms with Crippen LogP contribution in [0.3, 0.4) is 0 Å². The molecule has 100 valence electrons. The van der Waals surface area contributed by atoms with Crippen molar-refractivity contribution in [3.8, 4) is 0 Å². The number of benzene rings is 1. The zero-order chi connectivity index (χ0) is 13.8. The highest BCUT2D eigenvalue weighted by molar-refractivity contribution is 7.89. The third-order valence-electron chi connectivity index (χ3n) is 2.43. The third kappa shape index (κ3) is 3.13. The number of unbranched alkanes of at least 4 members (excludes halogenated alkanes) is 1. The fourth-order valence-electron chi connectivity index (χ4n) is 1.42. The summed E-state index contributed by atoms with van der Waals surface area (Å²) < 4.78 is 25.0. The first-order chi connectivity index (χ1) is 8.39. The van der Waals surface area contributed by atoms with Gasteiger partial charge in [0.25, 0.3) is 10.0 Å². The van der Waals surface area contributed by atoms with E-state index in [0.29, 0.717) is 16.4 Å². The first-order valence-electron chi connectivity index (χ1n) is 5.57. The zero-order valence-corrected chi connectivity index (χ0v) is 11.0. The average Bonchev–Trinajstić information content (AvgIpc) is 2.29. The number of hydrogen-bond donors (Lipinski definition) is 2. The second kappa shape index (κ2) is 5.72. The maximum atomic E-state index is 12.2. The smallest absolute Gasteiger partial charge is 0.328 e. The first kappa shape index (κ1) is 14.3. The minimum atomic E-state index is -3.89. The number of hydrogen-bond acceptors (Lipinski definition) is 4. The predicted molar refractivity (Wildman–Crippen MR) is 69.2 cm³/mol. The summed E-state index contributed by atoms with van der Waals surface area (Å²) in [6, 6.07) is 4.66. The SMILES string of the molecule is CCCCN(C(N)=O)S(=O)(=O)c1ccc(N)cc1. The van der Waals surface area contributed by atoms with Crippen LogP contribution in [0.25, 0.3) is 0 Å². The number of urea groups is 1. The highest BCUT2D eigenvalue weighted by atomic mass is 32.2. The van der Waals surface area contributed by atoms with Crippen molar-refractivity contribution in [3.05, 3.63) is 24.3 Å². The largest absolute Gasteiger partial charge is 0.399 e. The second-order valence-corrected chi connectivity index (χ2v) is 5.70. The Morgan fingerprint density at radius 2 is 1.83 bits per heavy atom. The first-order valence-corrected chi connectivity index (χ1v) is 7.01. The van der Waals surface area contributed by atoms with E-state index >= 15 is 0 Å². The molecule has 0 radical (unpaired) electrons. The van der Waals surface area contributed by atoms with Gasteiger partial charge < -0.3 is 11.5 Å². The Balaban J connectivity index is 3.09. The van der Waals surface area contributed by atoms with Gasteiger partial charge in [0.2, 0.25) is 0 Å². The lowest BCUT2D eigenvalue weighted by Crippen LogP contribution is -2.41. The molecule has 0 aromatic heterocycles. The van der Waals surface area contributed by atoms with Gasteiger partial charge in [0.1, 0.15) is 0 Å². The predicted octanol–water partition coefficient (Wildman–Crippen LogP) is 1.14. The molecule has 0 heterocycles. The molecule has 0 unspecified atom stereocenters. The number of primary amides is 1. The molecule has 1 aromatic carbocycles. The van der Waals surface area contributed by atoms with Crippen LogP contribution in [0.4, 0.5) is 10.5 Å². The van der Waals surface area contributed by atoms with E-state index in [-0.39, 0.29) is 11.4 Å². The Hall–Kier alpha value is -1.76. The quantitative estimate of drug-likeness (QED) is 0.783. The van der Waals surface area contributed by atoms with Crippen molar-refractivity contribution in [1.29, 1.82) is 0 Å². The van der Waals surface area contributed by atoms with E-state index < -0.39 is 16.1 Å². The number of nitrogens with two attached hydrogens (primary N) is 2. The molecule has 0 atom stereocenters. The molecule has 0 fully saturated rings. The van der Waals surface area contributed by atoms with Gasteiger partial charge in [-0.25, -0.2) is 17.5 Å². The minimum Gasteiger partial charge on any atom is -0.399 e. The van der Waals surface area contributed by atoms with Crippen molar-refractivity contribution in [1.82, 2.24) is 4.31 Å². The highest BCUT2D eigenvalue weighted by Crippen LogP contribution is 2.17. The standard InChI is InChI=1S/C11H17N3O3S/c1-2-3-8-14(11(13)15)18(16,17)10-6-4-9(12)5-7-10/h4-7H,2-3,8,12H2,1H3,(H2,13,15). The molecule has 0 saturated heterocycles. The summed E-state index contributed by atoms with van der Waals surface area (Å²) in [5.41, 5.74) is 11.1. The number of rotatable bonds is 5. The van der Waals surface area contributed by atoms with Crippen molar-refractivity contribution in [2.45, 2.75) is 24.7 Å². The molecule has 6 nitrogen and oxygen atoms in total. The van der Waals surface area contributed by atoms with Gasteiger partial charge >= 0.3 is 6.03 Å². The Bertz CT molecular complexity index is 511. The van der Waals surface area contributed by atoms with Gasteiger partial charge in [0.15, 0.2) is 0 Å². The van der Waals surface area contributed by atoms with Gasteiger partial charge in [0, 0.05) is 12.2 Å². The molecule has 7 heteroatoms. The van der Waals surface area contributed by atoms with Crippen LogP contribution in [0.5, 0.6) is 0 Å². The van der Waals surface area contributed by atoms with E-state index in [1.807, 2.05) is 6.92 Å². The van der Waals surface area contributed by atoms with Crippen LogP contribution < -0.4 is 11.5 Å². The molecule has 1 rings (SSSR count). The molecule has 0 aliphatic rings. The normalized spacial score (nSPS) is 11.2. The summed E-state index contributed by atoms with van der Waals surface area (Å²) in [5, 5.41) is 0. The van der Waals surface area contributed by atoms with Gasteiger partial charge in [-0.15, -0.1) is 0 Å². The molecule has 0 saturated carbocycles. The third-order valence-corrected chi connectivity index (χ3v) is 4.24. The maximum absolute atomic E-state index is 12.2. The fraction of sp³-hybridized carbons (Fsp3) is 0.364. The van der Waals surface area contributed by atoms with E-state index in [4.69, 9.17) is 11.5 Å². The molecule has 4 N–H and O–H groups in total. The van der Waals surface area contributed by atoms with E-state index in [9.17, 15) is 13.2 Å². The van der Waals surface area contributed by atoms with Crippen molar-refractivity contribution < 1.29 is 13.2 Å². The van der Waals surface area contributed by atoms with Crippen LogP contribution in [0.2, 0.25) is 0 Å². The topological polar surface area (TPSA) is 106 Å². The molecular weight excluding hydrogens is 254 g/mol. The summed E-state index contributed by atoms with van der Waals surface area (Å²) in [6.45, 7) is 1.98. The monoisotopic (exact) mass is 271 g/mol. The van der Waals surface area contributed by atoms with Gasteiger partial charge in [0.05, 0.1) is 4.90 Å². The van der Waals surface area contributed by atoms with Crippen molar-refractivity contribution >= 4 is 21.7 Å². The Labute approximate surface area is 107 Å². The maximum Gasteiger partial charge on any atom is 0.328 e. The highest BCUT2D eigenvalue weighted by Gasteiger charge is 2.26. The van der Waals surface area contributed by atoms with Crippen LogP contribution in [0, 0.1) is 0 Å². The second-order valence-electron chi connectivity index (χ2n) is 3.84. The number of nitrogens with zero attached hydrogens (tertiary/aromatic N) is 1. The van der Waals surface area contributed by atoms with Gasteiger partial charge in [-0.1, -0.05) is 13.3 Å². The average molecular weight is 271 g/mol. The molecule has 18 heavy (non-hydrogen) atoms. The number of amides is 2. The molecule has 0 spiro atoms. The van der Waals surface area contributed by atoms with Gasteiger partial charge in [-0.3, -0.25) is 0 Å². The van der Waals surface area contributed by atoms with Gasteiger partial charge in [-0.2, -0.15) is 0 Å². The van der Waals surface area contributed by atoms with Gasteiger partial charge in [-0.05, 0) is 30.7 Å². The lowest BCUT2D eigenvalue weighted by Gasteiger charge is -2.20. The minimum absolute atomic E-state index is 0.00611. The van der Waals surface area contributed by atoms with Crippen molar-refractivity contribution in [3.63, 3.8) is 0 Å². The van der Waals surface area contributed by atoms with E-state index in [1.54, 1.807) is 0 Å². The van der Waals surface area contributed by atoms with Crippen LogP contribution >= 0.6 is 0 Å². The Morgan fingerprint density at radius 1 is 1.28 bits per heavy atom. The zero-order valence-electron chi connectivity index (χ0n) is 10.2. The number of carbonyl (C=O) groups is 1. The fourth-order valence-corrected chi connectivity index (χ4v) is 2.76. The van der Waals surface area contributed by atoms with Crippen LogP contribution in [-0.2, 0) is 10.0 Å². The lowest BCUT2D eigenvalue weighted by atomic mass is 10.3. The molecule has 0 aliphatic heterocycles. The number of anilines is 1. The molecule has 2 amide bonds. The summed E-state index contributed by atoms with van der Waals surface area (Å²) in [7, 11) is -3.89. The summed E-state index contributed by atoms with van der Waals surface area (Å²) in [6.07, 6.45) is 1.33. The van der Waals surface area contributed by atoms with E-state index in [2.05, 4.69) is 0 Å². The number of carbonyl (C=O) groups excluding carboxylic acids is 1. The number of nitrogen functional groups attached to an aromatic ring is 1. The van der Waals surface area contributed by atoms with Crippen LogP contribution in [-0.4, -0.2) is 25.3 Å². The van der Waals surface area contributed by atoms with Crippen molar-refractivity contribution in [2.75, 3.05) is 12.3 Å². The molecule has 0 aliphatic carbocycles. The van der Waals surface area contributed by atoms with Crippen molar-refractivity contribution in [2.24, 2.45) is 5.73 Å². The van der Waals surface area contributed by atoms with Crippen LogP contribution in [0.15, 0.2) is 29.2 Å². The molecular formula is C11H17N3O3S. The molecule has 1 aromatic rings. The number of sulfonamides is 1. The molecule has 0 bridgehead atoms. The summed E-state index contributed by atoms with van der Waals surface area (Å²) in [5.74, 6) is 0. The Kier molecular flexibility index (Phi) is 4.55. The summed E-state index contributed by atoms with van der Waals surface area (Å²) >= 11 is 0. The van der Waals surface area contributed by atoms with Crippen LogP contribution in [0.1, 0.15) is 19.8 Å². The summed E-state index contributed by atoms with van der Waals surface area (Å²) in [4.78, 5) is 11.2. The van der Waals surface area contributed by atoms with E-state index in [0.717, 1.165) is 6.42 Å². The Morgan fingerprint density at radius 3 is 2.28 bits per heavy atom. The lowest BCUT2D eigenvalue weighted by molar-refractivity contribution is 0.231.